The van der Waals surface area contributed by atoms with Gasteiger partial charge >= 0.3 is 0 Å². The Bertz CT molecular complexity index is 1300. The molecule has 2 aromatic rings. The number of carbonyl (C=O) groups excluding carboxylic acids is 2. The minimum absolute atomic E-state index is 0.0715. The number of hydrogen-bond acceptors (Lipinski definition) is 4. The Labute approximate surface area is 245 Å². The smallest absolute Gasteiger partial charge is 0.237 e. The molecule has 216 valence electrons. The third-order valence-corrected chi connectivity index (χ3v) is 9.32. The van der Waals surface area contributed by atoms with Crippen LogP contribution in [0.3, 0.4) is 0 Å². The van der Waals surface area contributed by atoms with Gasteiger partial charge in [0.25, 0.3) is 0 Å². The molecule has 1 spiro atoms. The van der Waals surface area contributed by atoms with Gasteiger partial charge < -0.3 is 21.1 Å². The van der Waals surface area contributed by atoms with Gasteiger partial charge in [-0.15, -0.1) is 0 Å². The van der Waals surface area contributed by atoms with Crippen LogP contribution in [-0.2, 0) is 15.0 Å². The largest absolute Gasteiger partial charge is 0.393 e. The van der Waals surface area contributed by atoms with Crippen molar-refractivity contribution in [1.82, 2.24) is 10.6 Å². The maximum Gasteiger partial charge on any atom is 0.237 e. The van der Waals surface area contributed by atoms with Crippen molar-refractivity contribution in [2.75, 3.05) is 11.9 Å². The molecule has 40 heavy (non-hydrogen) atoms. The van der Waals surface area contributed by atoms with Gasteiger partial charge in [-0.3, -0.25) is 9.59 Å². The third kappa shape index (κ3) is 5.50. The Morgan fingerprint density at radius 1 is 1.20 bits per heavy atom. The zero-order chi connectivity index (χ0) is 28.8. The van der Waals surface area contributed by atoms with Crippen molar-refractivity contribution in [3.63, 3.8) is 0 Å². The van der Waals surface area contributed by atoms with Gasteiger partial charge in [-0.25, -0.2) is 4.39 Å². The van der Waals surface area contributed by atoms with Gasteiger partial charge in [0, 0.05) is 29.2 Å². The zero-order valence-electron chi connectivity index (χ0n) is 23.2. The van der Waals surface area contributed by atoms with Crippen LogP contribution in [0.4, 0.5) is 10.1 Å². The van der Waals surface area contributed by atoms with E-state index in [0.29, 0.717) is 35.2 Å². The topological polar surface area (TPSA) is 90.5 Å². The van der Waals surface area contributed by atoms with E-state index in [1.54, 1.807) is 12.1 Å². The number of hydrogen-bond donors (Lipinski definition) is 4. The predicted molar refractivity (Wildman–Crippen MR) is 156 cm³/mol. The summed E-state index contributed by atoms with van der Waals surface area (Å²) in [6.07, 6.45) is 4.78. The molecule has 0 bridgehead atoms. The highest BCUT2D eigenvalue weighted by Crippen LogP contribution is 2.57. The number of aliphatic hydroxyl groups is 1. The van der Waals surface area contributed by atoms with Crippen LogP contribution < -0.4 is 16.0 Å². The van der Waals surface area contributed by atoms with E-state index in [0.717, 1.165) is 37.7 Å². The monoisotopic (exact) mass is 589 g/mol. The van der Waals surface area contributed by atoms with Crippen molar-refractivity contribution in [3.05, 3.63) is 63.4 Å². The zero-order valence-corrected chi connectivity index (χ0v) is 24.7. The Morgan fingerprint density at radius 2 is 1.98 bits per heavy atom. The van der Waals surface area contributed by atoms with Crippen molar-refractivity contribution >= 4 is 40.7 Å². The fraction of sp³-hybridized carbons (Fsp3) is 0.548. The lowest BCUT2D eigenvalue weighted by Crippen LogP contribution is -2.49. The Morgan fingerprint density at radius 3 is 2.65 bits per heavy atom. The van der Waals surface area contributed by atoms with Crippen LogP contribution in [0.2, 0.25) is 10.0 Å². The number of benzene rings is 2. The molecule has 5 rings (SSSR count). The average molecular weight is 591 g/mol. The molecule has 2 heterocycles. The summed E-state index contributed by atoms with van der Waals surface area (Å²) in [5.41, 5.74) is 0.232. The van der Waals surface area contributed by atoms with Gasteiger partial charge in [-0.1, -0.05) is 56.1 Å². The molecular weight excluding hydrogens is 552 g/mol. The van der Waals surface area contributed by atoms with Gasteiger partial charge in [0.15, 0.2) is 0 Å². The summed E-state index contributed by atoms with van der Waals surface area (Å²) in [6.45, 7) is 6.75. The molecule has 1 saturated heterocycles. The molecule has 4 N–H and O–H groups in total. The molecule has 9 heteroatoms. The van der Waals surface area contributed by atoms with Gasteiger partial charge in [0.2, 0.25) is 11.8 Å². The Kier molecular flexibility index (Phi) is 8.23. The van der Waals surface area contributed by atoms with E-state index in [1.807, 2.05) is 12.1 Å². The van der Waals surface area contributed by atoms with Crippen molar-refractivity contribution in [2.24, 2.45) is 11.3 Å². The summed E-state index contributed by atoms with van der Waals surface area (Å²) < 4.78 is 15.0. The van der Waals surface area contributed by atoms with E-state index in [4.69, 9.17) is 23.2 Å². The molecule has 6 nitrogen and oxygen atoms in total. The normalized spacial score (nSPS) is 29.6. The number of nitrogens with one attached hydrogen (secondary N) is 3. The molecule has 6 atom stereocenters. The molecule has 2 fully saturated rings. The second-order valence-corrected chi connectivity index (χ2v) is 13.7. The number of fused-ring (bicyclic) bond motifs is 2. The molecule has 0 aromatic heterocycles. The molecule has 3 aliphatic rings. The van der Waals surface area contributed by atoms with Crippen molar-refractivity contribution in [3.8, 4) is 0 Å². The van der Waals surface area contributed by atoms with Crippen LogP contribution >= 0.6 is 23.2 Å². The molecular formula is C31H38Cl2FN3O3. The number of amides is 2. The Hall–Kier alpha value is -2.19. The summed E-state index contributed by atoms with van der Waals surface area (Å²) in [4.78, 5) is 28.0. The first-order valence-electron chi connectivity index (χ1n) is 14.2. The molecule has 0 unspecified atom stereocenters. The highest BCUT2D eigenvalue weighted by atomic mass is 35.5. The number of rotatable bonds is 7. The first-order chi connectivity index (χ1) is 18.9. The lowest BCUT2D eigenvalue weighted by molar-refractivity contribution is -0.123. The minimum atomic E-state index is -1.26. The quantitative estimate of drug-likeness (QED) is 0.301. The summed E-state index contributed by atoms with van der Waals surface area (Å²) in [5, 5.41) is 19.8. The highest BCUT2D eigenvalue weighted by Gasteiger charge is 2.65. The Balaban J connectivity index is 1.53. The van der Waals surface area contributed by atoms with E-state index in [1.165, 1.54) is 12.1 Å². The second kappa shape index (κ2) is 11.2. The fourth-order valence-electron chi connectivity index (χ4n) is 7.16. The number of anilines is 1. The van der Waals surface area contributed by atoms with E-state index >= 15 is 4.39 Å². The molecule has 1 aliphatic carbocycles. The number of carbonyl (C=O) groups is 2. The SMILES string of the molecule is CC(C)(C)C[C@H]1N[C@@H](C(=O)NCCC[C@H]2CC[C@@H](O)C2)[C@H](c2cccc(Cl)c2)[C@@]12C(=O)Nc1cc(Cl)c(F)cc12. The minimum Gasteiger partial charge on any atom is -0.393 e. The molecule has 2 aromatic carbocycles. The van der Waals surface area contributed by atoms with Crippen molar-refractivity contribution < 1.29 is 19.1 Å². The molecule has 2 aliphatic heterocycles. The van der Waals surface area contributed by atoms with Crippen LogP contribution in [0.1, 0.15) is 76.3 Å². The predicted octanol–water partition coefficient (Wildman–Crippen LogP) is 5.94. The summed E-state index contributed by atoms with van der Waals surface area (Å²) in [6, 6.07) is 8.81. The van der Waals surface area contributed by atoms with E-state index < -0.39 is 29.2 Å². The van der Waals surface area contributed by atoms with Crippen LogP contribution in [0, 0.1) is 17.2 Å². The van der Waals surface area contributed by atoms with E-state index in [9.17, 15) is 14.7 Å². The third-order valence-electron chi connectivity index (χ3n) is 8.79. The maximum atomic E-state index is 15.0. The van der Waals surface area contributed by atoms with E-state index in [2.05, 4.69) is 36.7 Å². The molecule has 2 amide bonds. The van der Waals surface area contributed by atoms with Gasteiger partial charge in [0.05, 0.1) is 17.2 Å². The van der Waals surface area contributed by atoms with Crippen LogP contribution in [0.5, 0.6) is 0 Å². The van der Waals surface area contributed by atoms with Gasteiger partial charge in [-0.2, -0.15) is 0 Å². The average Bonchev–Trinajstić information content (AvgIpc) is 3.51. The lowest BCUT2D eigenvalue weighted by Gasteiger charge is -2.37. The van der Waals surface area contributed by atoms with Crippen LogP contribution in [-0.4, -0.2) is 41.7 Å². The van der Waals surface area contributed by atoms with Gasteiger partial charge in [-0.05, 0) is 85.3 Å². The second-order valence-electron chi connectivity index (χ2n) is 12.9. The number of aliphatic hydroxyl groups excluding tert-OH is 1. The van der Waals surface area contributed by atoms with Crippen LogP contribution in [0.25, 0.3) is 0 Å². The first kappa shape index (κ1) is 29.3. The lowest BCUT2D eigenvalue weighted by atomic mass is 9.62. The van der Waals surface area contributed by atoms with Crippen molar-refractivity contribution in [1.29, 1.82) is 0 Å². The van der Waals surface area contributed by atoms with E-state index in [-0.39, 0.29) is 28.4 Å². The standard InChI is InChI=1S/C31H38Cl2FN3O3/c1-30(2,3)16-25-31(21-14-23(34)22(33)15-24(21)36-29(31)40)26(18-7-4-8-19(32)13-18)27(37-25)28(39)35-11-5-6-17-9-10-20(38)12-17/h4,7-8,13-15,17,20,25-27,37-38H,5-6,9-12,16H2,1-3H3,(H,35,39)(H,36,40)/t17-,20+,25+,26-,27+,31-/m0/s1. The number of halogens is 3. The maximum absolute atomic E-state index is 15.0. The molecule has 1 saturated carbocycles. The highest BCUT2D eigenvalue weighted by molar-refractivity contribution is 6.31. The summed E-state index contributed by atoms with van der Waals surface area (Å²) in [5.74, 6) is -1.27. The van der Waals surface area contributed by atoms with Crippen molar-refractivity contribution in [2.45, 2.75) is 88.8 Å². The summed E-state index contributed by atoms with van der Waals surface area (Å²) >= 11 is 12.5. The molecule has 0 radical (unpaired) electrons. The first-order valence-corrected chi connectivity index (χ1v) is 14.9. The summed E-state index contributed by atoms with van der Waals surface area (Å²) in [7, 11) is 0. The van der Waals surface area contributed by atoms with Crippen LogP contribution in [0.15, 0.2) is 36.4 Å². The fourth-order valence-corrected chi connectivity index (χ4v) is 7.52. The van der Waals surface area contributed by atoms with Gasteiger partial charge in [0.1, 0.15) is 11.2 Å².